The number of nitrogens with zero attached hydrogens (tertiary/aromatic N) is 2. The zero-order chi connectivity index (χ0) is 17.3. The van der Waals surface area contributed by atoms with Crippen LogP contribution < -0.4 is 0 Å². The maximum absolute atomic E-state index is 12.8. The summed E-state index contributed by atoms with van der Waals surface area (Å²) >= 11 is 1.62. The highest BCUT2D eigenvalue weighted by Crippen LogP contribution is 2.29. The molecular formula is C19H24N2O2S. The van der Waals surface area contributed by atoms with Gasteiger partial charge in [0.25, 0.3) is 0 Å². The first kappa shape index (κ1) is 17.1. The first-order chi connectivity index (χ1) is 11.4. The normalized spacial score (nSPS) is 21.1. The number of benzene rings is 1. The van der Waals surface area contributed by atoms with Crippen LogP contribution in [0.25, 0.3) is 11.3 Å². The Morgan fingerprint density at radius 1 is 1.21 bits per heavy atom. The molecule has 24 heavy (non-hydrogen) atoms. The van der Waals surface area contributed by atoms with Crippen molar-refractivity contribution in [3.8, 4) is 11.3 Å². The topological polar surface area (TPSA) is 42.4 Å². The molecule has 0 N–H and O–H groups in total. The molecule has 0 saturated carbocycles. The van der Waals surface area contributed by atoms with Crippen molar-refractivity contribution in [2.75, 3.05) is 13.1 Å². The summed E-state index contributed by atoms with van der Waals surface area (Å²) in [6.07, 6.45) is 0.601. The summed E-state index contributed by atoms with van der Waals surface area (Å²) in [6.45, 7) is 9.44. The highest BCUT2D eigenvalue weighted by molar-refractivity contribution is 7.12. The molecule has 128 valence electrons. The first-order valence-electron chi connectivity index (χ1n) is 8.39. The van der Waals surface area contributed by atoms with Gasteiger partial charge in [-0.1, -0.05) is 29.8 Å². The van der Waals surface area contributed by atoms with Gasteiger partial charge in [-0.3, -0.25) is 4.79 Å². The number of morpholine rings is 1. The van der Waals surface area contributed by atoms with Gasteiger partial charge in [0.15, 0.2) is 0 Å². The van der Waals surface area contributed by atoms with Crippen molar-refractivity contribution in [1.82, 2.24) is 9.88 Å². The first-order valence-corrected chi connectivity index (χ1v) is 9.20. The van der Waals surface area contributed by atoms with Crippen LogP contribution in [0.3, 0.4) is 0 Å². The molecule has 0 aliphatic carbocycles. The molecule has 4 nitrogen and oxygen atoms in total. The Morgan fingerprint density at radius 2 is 1.83 bits per heavy atom. The maximum atomic E-state index is 12.8. The number of thiazole rings is 1. The summed E-state index contributed by atoms with van der Waals surface area (Å²) in [4.78, 5) is 20.4. The molecule has 2 aromatic rings. The Morgan fingerprint density at radius 3 is 2.46 bits per heavy atom. The number of aryl methyl sites for hydroxylation is 2. The average Bonchev–Trinajstić information content (AvgIpc) is 2.87. The number of aromatic nitrogens is 1. The van der Waals surface area contributed by atoms with Gasteiger partial charge in [0.05, 0.1) is 29.3 Å². The van der Waals surface area contributed by atoms with Gasteiger partial charge in [0.2, 0.25) is 5.91 Å². The lowest BCUT2D eigenvalue weighted by Gasteiger charge is -2.35. The molecular weight excluding hydrogens is 320 g/mol. The van der Waals surface area contributed by atoms with Crippen LogP contribution in [-0.2, 0) is 16.0 Å². The summed E-state index contributed by atoms with van der Waals surface area (Å²) in [7, 11) is 0. The number of carbonyl (C=O) groups is 1. The second kappa shape index (κ2) is 7.03. The van der Waals surface area contributed by atoms with E-state index in [4.69, 9.17) is 4.74 Å². The number of ether oxygens (including phenoxy) is 1. The van der Waals surface area contributed by atoms with Crippen LogP contribution in [0.2, 0.25) is 0 Å². The van der Waals surface area contributed by atoms with Crippen molar-refractivity contribution in [1.29, 1.82) is 0 Å². The van der Waals surface area contributed by atoms with Gasteiger partial charge in [-0.2, -0.15) is 0 Å². The minimum atomic E-state index is 0.0949. The Hall–Kier alpha value is -1.72. The molecule has 1 aromatic carbocycles. The van der Waals surface area contributed by atoms with Crippen LogP contribution in [0.5, 0.6) is 0 Å². The van der Waals surface area contributed by atoms with Crippen molar-refractivity contribution in [2.24, 2.45) is 0 Å². The molecule has 2 atom stereocenters. The lowest BCUT2D eigenvalue weighted by molar-refractivity contribution is -0.142. The van der Waals surface area contributed by atoms with E-state index in [1.54, 1.807) is 11.3 Å². The van der Waals surface area contributed by atoms with Gasteiger partial charge in [0, 0.05) is 23.5 Å². The smallest absolute Gasteiger partial charge is 0.228 e. The van der Waals surface area contributed by atoms with Gasteiger partial charge >= 0.3 is 0 Å². The lowest BCUT2D eigenvalue weighted by Crippen LogP contribution is -2.48. The fourth-order valence-corrected chi connectivity index (χ4v) is 4.11. The molecule has 1 aliphatic rings. The van der Waals surface area contributed by atoms with Crippen LogP contribution in [0.15, 0.2) is 24.3 Å². The van der Waals surface area contributed by atoms with Crippen LogP contribution >= 0.6 is 11.3 Å². The van der Waals surface area contributed by atoms with Crippen molar-refractivity contribution in [2.45, 2.75) is 46.3 Å². The summed E-state index contributed by atoms with van der Waals surface area (Å²) in [6, 6.07) is 8.33. The second-order valence-electron chi connectivity index (χ2n) is 6.60. The van der Waals surface area contributed by atoms with E-state index < -0.39 is 0 Å². The van der Waals surface area contributed by atoms with Gasteiger partial charge in [-0.05, 0) is 27.7 Å². The molecule has 3 rings (SSSR count). The minimum Gasteiger partial charge on any atom is -0.372 e. The van der Waals surface area contributed by atoms with Crippen LogP contribution in [0.1, 0.15) is 29.3 Å². The Bertz CT molecular complexity index is 713. The predicted octanol–water partition coefficient (Wildman–Crippen LogP) is 3.61. The van der Waals surface area contributed by atoms with Gasteiger partial charge in [-0.15, -0.1) is 11.3 Å². The molecule has 2 unspecified atom stereocenters. The van der Waals surface area contributed by atoms with E-state index >= 15 is 0 Å². The third-order valence-electron chi connectivity index (χ3n) is 4.21. The van der Waals surface area contributed by atoms with Crippen molar-refractivity contribution in [3.05, 3.63) is 39.7 Å². The van der Waals surface area contributed by atoms with Crippen LogP contribution in [0, 0.1) is 13.8 Å². The number of hydrogen-bond donors (Lipinski definition) is 0. The largest absolute Gasteiger partial charge is 0.372 e. The van der Waals surface area contributed by atoms with Gasteiger partial charge in [0.1, 0.15) is 0 Å². The number of carbonyl (C=O) groups excluding carboxylic acids is 1. The number of rotatable bonds is 3. The third kappa shape index (κ3) is 3.84. The van der Waals surface area contributed by atoms with Gasteiger partial charge in [-0.25, -0.2) is 4.98 Å². The molecule has 1 aliphatic heterocycles. The molecule has 1 amide bonds. The lowest BCUT2D eigenvalue weighted by atomic mass is 10.1. The zero-order valence-electron chi connectivity index (χ0n) is 14.7. The van der Waals surface area contributed by atoms with E-state index in [1.165, 1.54) is 5.56 Å². The van der Waals surface area contributed by atoms with Crippen molar-refractivity contribution < 1.29 is 9.53 Å². The maximum Gasteiger partial charge on any atom is 0.228 e. The fourth-order valence-electron chi connectivity index (χ4n) is 3.16. The molecule has 0 bridgehead atoms. The van der Waals surface area contributed by atoms with Gasteiger partial charge < -0.3 is 9.64 Å². The molecule has 1 saturated heterocycles. The predicted molar refractivity (Wildman–Crippen MR) is 97.3 cm³/mol. The molecule has 1 aromatic heterocycles. The quantitative estimate of drug-likeness (QED) is 0.854. The van der Waals surface area contributed by atoms with E-state index in [-0.39, 0.29) is 18.1 Å². The van der Waals surface area contributed by atoms with E-state index in [1.807, 2.05) is 25.7 Å². The second-order valence-corrected chi connectivity index (χ2v) is 7.89. The standard InChI is InChI=1S/C19H24N2O2S/c1-12-5-7-16(8-6-12)19-17(24-15(4)20-19)9-18(22)21-10-13(2)23-14(3)11-21/h5-8,13-14H,9-11H2,1-4H3. The van der Waals surface area contributed by atoms with Crippen molar-refractivity contribution >= 4 is 17.2 Å². The Kier molecular flexibility index (Phi) is 5.01. The van der Waals surface area contributed by atoms with E-state index in [0.717, 1.165) is 21.1 Å². The minimum absolute atomic E-state index is 0.0949. The molecule has 0 spiro atoms. The van der Waals surface area contributed by atoms with E-state index in [2.05, 4.69) is 36.2 Å². The summed E-state index contributed by atoms with van der Waals surface area (Å²) in [5.74, 6) is 0.161. The van der Waals surface area contributed by atoms with E-state index in [0.29, 0.717) is 19.5 Å². The average molecular weight is 344 g/mol. The Labute approximate surface area is 147 Å². The van der Waals surface area contributed by atoms with Crippen molar-refractivity contribution in [3.63, 3.8) is 0 Å². The van der Waals surface area contributed by atoms with E-state index in [9.17, 15) is 4.79 Å². The molecule has 1 fully saturated rings. The monoisotopic (exact) mass is 344 g/mol. The number of amides is 1. The summed E-state index contributed by atoms with van der Waals surface area (Å²) in [5, 5.41) is 0.997. The molecule has 5 heteroatoms. The highest BCUT2D eigenvalue weighted by atomic mass is 32.1. The van der Waals surface area contributed by atoms with Crippen LogP contribution in [0.4, 0.5) is 0 Å². The molecule has 0 radical (unpaired) electrons. The highest BCUT2D eigenvalue weighted by Gasteiger charge is 2.27. The molecule has 2 heterocycles. The summed E-state index contributed by atoms with van der Waals surface area (Å²) < 4.78 is 5.72. The third-order valence-corrected chi connectivity index (χ3v) is 5.18. The SMILES string of the molecule is Cc1ccc(-c2nc(C)sc2CC(=O)N2CC(C)OC(C)C2)cc1. The number of hydrogen-bond acceptors (Lipinski definition) is 4. The fraction of sp³-hybridized carbons (Fsp3) is 0.474. The zero-order valence-corrected chi connectivity index (χ0v) is 15.5. The summed E-state index contributed by atoms with van der Waals surface area (Å²) in [5.41, 5.74) is 3.25. The Balaban J connectivity index is 1.80. The van der Waals surface area contributed by atoms with Crippen LogP contribution in [-0.4, -0.2) is 41.1 Å².